The van der Waals surface area contributed by atoms with E-state index < -0.39 is 0 Å². The molecule has 0 spiro atoms. The average Bonchev–Trinajstić information content (AvgIpc) is 2.65. The molecule has 0 aliphatic carbocycles. The zero-order valence-electron chi connectivity index (χ0n) is 10.5. The molecule has 0 radical (unpaired) electrons. The van der Waals surface area contributed by atoms with Crippen molar-refractivity contribution in [2.24, 2.45) is 5.41 Å². The lowest BCUT2D eigenvalue weighted by atomic mass is 9.78. The molecule has 0 aromatic carbocycles. The summed E-state index contributed by atoms with van der Waals surface area (Å²) in [6.45, 7) is 9.01. The average molecular weight is 239 g/mol. The van der Waals surface area contributed by atoms with E-state index >= 15 is 0 Å². The molecule has 0 bridgehead atoms. The van der Waals surface area contributed by atoms with E-state index in [0.29, 0.717) is 5.41 Å². The summed E-state index contributed by atoms with van der Waals surface area (Å²) in [5.74, 6) is 0. The van der Waals surface area contributed by atoms with Gasteiger partial charge in [-0.2, -0.15) is 0 Å². The Morgan fingerprint density at radius 2 is 2.25 bits per heavy atom. The zero-order valence-corrected chi connectivity index (χ0v) is 11.3. The van der Waals surface area contributed by atoms with Crippen LogP contribution in [0.5, 0.6) is 0 Å². The molecular formula is C12H21N3S. The van der Waals surface area contributed by atoms with E-state index in [1.54, 1.807) is 11.3 Å². The van der Waals surface area contributed by atoms with Gasteiger partial charge in [0, 0.05) is 13.1 Å². The molecule has 3 nitrogen and oxygen atoms in total. The Morgan fingerprint density at radius 1 is 1.44 bits per heavy atom. The molecule has 1 saturated heterocycles. The van der Waals surface area contributed by atoms with Crippen molar-refractivity contribution in [3.8, 4) is 0 Å². The topological polar surface area (TPSA) is 29.0 Å². The molecule has 4 heteroatoms. The summed E-state index contributed by atoms with van der Waals surface area (Å²) in [5.41, 5.74) is 0.479. The van der Waals surface area contributed by atoms with Gasteiger partial charge in [0.2, 0.25) is 5.13 Å². The van der Waals surface area contributed by atoms with Gasteiger partial charge in [0.15, 0.2) is 0 Å². The molecule has 1 aliphatic heterocycles. The molecule has 1 unspecified atom stereocenters. The van der Waals surface area contributed by atoms with E-state index in [1.807, 2.05) is 6.92 Å². The minimum Gasteiger partial charge on any atom is -0.346 e. The molecule has 2 rings (SSSR count). The monoisotopic (exact) mass is 239 g/mol. The molecule has 1 fully saturated rings. The van der Waals surface area contributed by atoms with E-state index in [9.17, 15) is 0 Å². The van der Waals surface area contributed by atoms with E-state index in [0.717, 1.165) is 23.2 Å². The number of rotatable bonds is 3. The molecule has 1 aliphatic rings. The third kappa shape index (κ3) is 2.54. The molecule has 1 aromatic rings. The Balaban J connectivity index is 2.07. The normalized spacial score (nSPS) is 26.1. The van der Waals surface area contributed by atoms with Crippen molar-refractivity contribution in [3.05, 3.63) is 5.01 Å². The van der Waals surface area contributed by atoms with Gasteiger partial charge in [-0.25, -0.2) is 0 Å². The third-order valence-corrected chi connectivity index (χ3v) is 4.32. The molecule has 0 N–H and O–H groups in total. The van der Waals surface area contributed by atoms with Crippen LogP contribution in [0, 0.1) is 12.3 Å². The lowest BCUT2D eigenvalue weighted by Crippen LogP contribution is -2.41. The van der Waals surface area contributed by atoms with Crippen molar-refractivity contribution < 1.29 is 0 Å². The van der Waals surface area contributed by atoms with Crippen LogP contribution in [-0.2, 0) is 0 Å². The second-order valence-corrected chi connectivity index (χ2v) is 6.35. The molecular weight excluding hydrogens is 218 g/mol. The fourth-order valence-corrected chi connectivity index (χ4v) is 3.41. The summed E-state index contributed by atoms with van der Waals surface area (Å²) < 4.78 is 0. The highest BCUT2D eigenvalue weighted by atomic mass is 32.1. The standard InChI is InChI=1S/C12H21N3S/c1-4-6-12(3)7-5-8-15(9-12)11-14-13-10(2)16-11/h4-9H2,1-3H3. The van der Waals surface area contributed by atoms with Crippen molar-refractivity contribution in [1.82, 2.24) is 10.2 Å². The van der Waals surface area contributed by atoms with Gasteiger partial charge in [-0.3, -0.25) is 0 Å². The van der Waals surface area contributed by atoms with Crippen LogP contribution in [0.25, 0.3) is 0 Å². The minimum atomic E-state index is 0.479. The first-order chi connectivity index (χ1) is 7.63. The summed E-state index contributed by atoms with van der Waals surface area (Å²) in [6, 6.07) is 0. The Kier molecular flexibility index (Phi) is 3.47. The first kappa shape index (κ1) is 11.8. The van der Waals surface area contributed by atoms with Crippen molar-refractivity contribution in [2.75, 3.05) is 18.0 Å². The molecule has 16 heavy (non-hydrogen) atoms. The molecule has 90 valence electrons. The predicted octanol–water partition coefficient (Wildman–Crippen LogP) is 3.25. The van der Waals surface area contributed by atoms with Crippen molar-refractivity contribution in [3.63, 3.8) is 0 Å². The molecule has 0 saturated carbocycles. The first-order valence-corrected chi connectivity index (χ1v) is 7.00. The van der Waals surface area contributed by atoms with Crippen LogP contribution in [0.1, 0.15) is 44.5 Å². The number of nitrogens with zero attached hydrogens (tertiary/aromatic N) is 3. The zero-order chi connectivity index (χ0) is 11.6. The van der Waals surface area contributed by atoms with Gasteiger partial charge in [-0.05, 0) is 31.6 Å². The summed E-state index contributed by atoms with van der Waals surface area (Å²) in [7, 11) is 0. The number of piperidine rings is 1. The van der Waals surface area contributed by atoms with Crippen molar-refractivity contribution in [1.29, 1.82) is 0 Å². The van der Waals surface area contributed by atoms with Crippen LogP contribution in [-0.4, -0.2) is 23.3 Å². The van der Waals surface area contributed by atoms with Crippen LogP contribution < -0.4 is 4.90 Å². The molecule has 1 atom stereocenters. The second kappa shape index (κ2) is 4.70. The van der Waals surface area contributed by atoms with Crippen LogP contribution in [0.3, 0.4) is 0 Å². The highest BCUT2D eigenvalue weighted by Gasteiger charge is 2.31. The summed E-state index contributed by atoms with van der Waals surface area (Å²) in [6.07, 6.45) is 5.24. The Hall–Kier alpha value is -0.640. The van der Waals surface area contributed by atoms with Gasteiger partial charge in [0.05, 0.1) is 0 Å². The van der Waals surface area contributed by atoms with Gasteiger partial charge in [0.25, 0.3) is 0 Å². The van der Waals surface area contributed by atoms with Crippen molar-refractivity contribution in [2.45, 2.75) is 46.5 Å². The number of hydrogen-bond acceptors (Lipinski definition) is 4. The van der Waals surface area contributed by atoms with Crippen LogP contribution in [0.4, 0.5) is 5.13 Å². The lowest BCUT2D eigenvalue weighted by Gasteiger charge is -2.40. The molecule has 2 heterocycles. The number of hydrogen-bond donors (Lipinski definition) is 0. The first-order valence-electron chi connectivity index (χ1n) is 6.18. The largest absolute Gasteiger partial charge is 0.346 e. The lowest BCUT2D eigenvalue weighted by molar-refractivity contribution is 0.239. The fraction of sp³-hybridized carbons (Fsp3) is 0.833. The maximum absolute atomic E-state index is 4.26. The van der Waals surface area contributed by atoms with E-state index in [-0.39, 0.29) is 0 Å². The fourth-order valence-electron chi connectivity index (χ4n) is 2.70. The third-order valence-electron chi connectivity index (χ3n) is 3.42. The summed E-state index contributed by atoms with van der Waals surface area (Å²) in [4.78, 5) is 2.42. The maximum atomic E-state index is 4.26. The highest BCUT2D eigenvalue weighted by molar-refractivity contribution is 7.15. The smallest absolute Gasteiger partial charge is 0.208 e. The van der Waals surface area contributed by atoms with Crippen LogP contribution >= 0.6 is 11.3 Å². The molecule has 1 aromatic heterocycles. The SMILES string of the molecule is CCCC1(C)CCCN(c2nnc(C)s2)C1. The van der Waals surface area contributed by atoms with Crippen LogP contribution in [0.2, 0.25) is 0 Å². The van der Waals surface area contributed by atoms with Gasteiger partial charge >= 0.3 is 0 Å². The van der Waals surface area contributed by atoms with Gasteiger partial charge < -0.3 is 4.90 Å². The minimum absolute atomic E-state index is 0.479. The second-order valence-electron chi connectivity index (χ2n) is 5.19. The van der Waals surface area contributed by atoms with Crippen LogP contribution in [0.15, 0.2) is 0 Å². The predicted molar refractivity (Wildman–Crippen MR) is 69.1 cm³/mol. The number of aromatic nitrogens is 2. The Labute approximate surface area is 102 Å². The maximum Gasteiger partial charge on any atom is 0.208 e. The van der Waals surface area contributed by atoms with Gasteiger partial charge in [-0.15, -0.1) is 10.2 Å². The number of anilines is 1. The quantitative estimate of drug-likeness (QED) is 0.810. The summed E-state index contributed by atoms with van der Waals surface area (Å²) >= 11 is 1.72. The van der Waals surface area contributed by atoms with Gasteiger partial charge in [0.1, 0.15) is 5.01 Å². The van der Waals surface area contributed by atoms with Gasteiger partial charge in [-0.1, -0.05) is 31.6 Å². The van der Waals surface area contributed by atoms with E-state index in [4.69, 9.17) is 0 Å². The highest BCUT2D eigenvalue weighted by Crippen LogP contribution is 2.36. The van der Waals surface area contributed by atoms with E-state index in [1.165, 1.54) is 25.7 Å². The Bertz CT molecular complexity index is 346. The molecule has 0 amide bonds. The van der Waals surface area contributed by atoms with Crippen molar-refractivity contribution >= 4 is 16.5 Å². The van der Waals surface area contributed by atoms with E-state index in [2.05, 4.69) is 28.9 Å². The summed E-state index contributed by atoms with van der Waals surface area (Å²) in [5, 5.41) is 10.6. The Morgan fingerprint density at radius 3 is 2.88 bits per heavy atom. The number of aryl methyl sites for hydroxylation is 1.